The van der Waals surface area contributed by atoms with Crippen molar-refractivity contribution in [3.8, 4) is 5.75 Å². The van der Waals surface area contributed by atoms with Crippen molar-refractivity contribution in [2.75, 3.05) is 67.0 Å². The van der Waals surface area contributed by atoms with E-state index in [-0.39, 0.29) is 82.3 Å². The number of carbonyl (C=O) groups excluding carboxylic acids is 8. The molecule has 24 nitrogen and oxygen atoms in total. The predicted molar refractivity (Wildman–Crippen MR) is 331 cm³/mol. The average molecular weight is 1270 g/mol. The van der Waals surface area contributed by atoms with Gasteiger partial charge in [0.1, 0.15) is 42.1 Å². The molecule has 8 N–H and O–H groups in total. The molecule has 7 amide bonds. The fourth-order valence-corrected chi connectivity index (χ4v) is 9.90. The maximum atomic E-state index is 14.2. The summed E-state index contributed by atoms with van der Waals surface area (Å²) in [5, 5.41) is 29.3. The molecule has 2 heterocycles. The second kappa shape index (κ2) is 38.8. The van der Waals surface area contributed by atoms with Crippen LogP contribution in [0.15, 0.2) is 54.6 Å². The van der Waals surface area contributed by atoms with E-state index < -0.39 is 107 Å². The Morgan fingerprint density at radius 1 is 0.753 bits per heavy atom. The summed E-state index contributed by atoms with van der Waals surface area (Å²) in [5.74, 6) is -5.43. The first-order valence-corrected chi connectivity index (χ1v) is 31.2. The van der Waals surface area contributed by atoms with Gasteiger partial charge in [0.05, 0.1) is 69.9 Å². The van der Waals surface area contributed by atoms with E-state index in [2.05, 4.69) is 37.2 Å². The lowest BCUT2D eigenvalue weighted by atomic mass is 9.83. The van der Waals surface area contributed by atoms with E-state index >= 15 is 0 Å². The van der Waals surface area contributed by atoms with E-state index in [0.29, 0.717) is 75.4 Å². The molecule has 89 heavy (non-hydrogen) atoms. The number of hydrogen-bond donors (Lipinski definition) is 8. The number of cyclic esters (lactones) is 1. The molecule has 0 radical (unpaired) electrons. The lowest BCUT2D eigenvalue weighted by Gasteiger charge is -2.34. The summed E-state index contributed by atoms with van der Waals surface area (Å²) in [7, 11) is 3.09. The molecule has 2 aromatic rings. The molecular formula is C64H96ClN7O17. The van der Waals surface area contributed by atoms with Gasteiger partial charge >= 0.3 is 11.9 Å². The Labute approximate surface area is 528 Å². The number of halogens is 1. The zero-order valence-corrected chi connectivity index (χ0v) is 54.1. The van der Waals surface area contributed by atoms with Crippen molar-refractivity contribution in [2.24, 2.45) is 23.2 Å². The third-order valence-corrected chi connectivity index (χ3v) is 15.8. The molecule has 4 rings (SSSR count). The van der Waals surface area contributed by atoms with Gasteiger partial charge in [0.15, 0.2) is 0 Å². The smallest absolute Gasteiger partial charge is 0.328 e. The minimum Gasteiger partial charge on any atom is -0.495 e. The summed E-state index contributed by atoms with van der Waals surface area (Å²) in [6, 6.07) is 7.56. The summed E-state index contributed by atoms with van der Waals surface area (Å²) < 4.78 is 39.0. The predicted octanol–water partition coefficient (Wildman–Crippen LogP) is 4.96. The lowest BCUT2D eigenvalue weighted by molar-refractivity contribution is -0.157. The summed E-state index contributed by atoms with van der Waals surface area (Å²) >= 11 is 6.43. The van der Waals surface area contributed by atoms with E-state index in [1.807, 2.05) is 45.0 Å². The molecule has 0 saturated carbocycles. The van der Waals surface area contributed by atoms with Gasteiger partial charge in [-0.3, -0.25) is 38.4 Å². The number of carboxylic acids is 1. The number of esters is 1. The Kier molecular flexibility index (Phi) is 32.6. The van der Waals surface area contributed by atoms with Gasteiger partial charge in [0, 0.05) is 64.3 Å². The number of nitrogens with one attached hydrogen (secondary N) is 7. The van der Waals surface area contributed by atoms with Crippen LogP contribution < -0.4 is 42.0 Å². The highest BCUT2D eigenvalue weighted by molar-refractivity contribution is 6.32. The number of epoxide rings is 1. The van der Waals surface area contributed by atoms with Crippen molar-refractivity contribution in [1.82, 2.24) is 37.2 Å². The van der Waals surface area contributed by atoms with Crippen molar-refractivity contribution in [2.45, 2.75) is 175 Å². The number of benzene rings is 2. The highest BCUT2D eigenvalue weighted by atomic mass is 35.5. The maximum absolute atomic E-state index is 14.2. The van der Waals surface area contributed by atoms with Crippen LogP contribution in [0.3, 0.4) is 0 Å². The van der Waals surface area contributed by atoms with E-state index in [9.17, 15) is 43.2 Å². The first-order valence-electron chi connectivity index (χ1n) is 30.8. The van der Waals surface area contributed by atoms with Crippen molar-refractivity contribution < 1.29 is 81.4 Å². The fourth-order valence-electron chi connectivity index (χ4n) is 9.62. The SMILES string of the molecule is COCCOCCOCCOCCC(=O)NCCCC[C@H](NC(=O)[C@@H](NC(=O)CCCC(=O)O)C(C)C)C(=O)NCc1ccc([C@H]2OC2[C@@H](C)[C@@H]2C/C=C/C(=O)N[C@H](Cc3ccc(OC)c(Cl)c3)C(=O)N[C@@H](C)C(C)(C)C(=O)N[C@@H](CC(C)C)C(=O)O2)cc1. The van der Waals surface area contributed by atoms with Crippen molar-refractivity contribution in [3.63, 3.8) is 0 Å². The van der Waals surface area contributed by atoms with Gasteiger partial charge in [-0.1, -0.05) is 82.6 Å². The first-order chi connectivity index (χ1) is 42.3. The molecule has 0 bridgehead atoms. The number of rotatable bonds is 36. The summed E-state index contributed by atoms with van der Waals surface area (Å²) in [5.41, 5.74) is 0.962. The van der Waals surface area contributed by atoms with Crippen LogP contribution in [0.5, 0.6) is 5.75 Å². The van der Waals surface area contributed by atoms with Gasteiger partial charge in [0.25, 0.3) is 0 Å². The van der Waals surface area contributed by atoms with Crippen LogP contribution in [0.25, 0.3) is 0 Å². The largest absolute Gasteiger partial charge is 0.495 e. The van der Waals surface area contributed by atoms with E-state index in [4.69, 9.17) is 49.9 Å². The molecular weight excluding hydrogens is 1170 g/mol. The second-order valence-electron chi connectivity index (χ2n) is 23.8. The van der Waals surface area contributed by atoms with Gasteiger partial charge in [-0.25, -0.2) is 4.79 Å². The zero-order valence-electron chi connectivity index (χ0n) is 53.3. The van der Waals surface area contributed by atoms with Crippen LogP contribution in [-0.2, 0) is 84.5 Å². The van der Waals surface area contributed by atoms with E-state index in [0.717, 1.165) is 11.1 Å². The van der Waals surface area contributed by atoms with E-state index in [1.54, 1.807) is 66.0 Å². The van der Waals surface area contributed by atoms with Crippen LogP contribution in [0.1, 0.15) is 136 Å². The number of hydrogen-bond acceptors (Lipinski definition) is 16. The number of carboxylic acid groups (broad SMARTS) is 1. The molecule has 1 fully saturated rings. The van der Waals surface area contributed by atoms with Crippen LogP contribution in [-0.4, -0.2) is 168 Å². The molecule has 1 unspecified atom stereocenters. The molecule has 0 aromatic heterocycles. The Morgan fingerprint density at radius 3 is 2.04 bits per heavy atom. The van der Waals surface area contributed by atoms with Crippen LogP contribution in [0, 0.1) is 23.2 Å². The highest BCUT2D eigenvalue weighted by Gasteiger charge is 2.48. The van der Waals surface area contributed by atoms with Crippen LogP contribution >= 0.6 is 11.6 Å². The highest BCUT2D eigenvalue weighted by Crippen LogP contribution is 2.45. The first kappa shape index (κ1) is 74.8. The Balaban J connectivity index is 1.43. The van der Waals surface area contributed by atoms with Gasteiger partial charge in [0.2, 0.25) is 41.4 Å². The number of ether oxygens (including phenoxy) is 7. The number of amides is 7. The molecule has 2 aromatic carbocycles. The Hall–Kier alpha value is -6.70. The van der Waals surface area contributed by atoms with Crippen molar-refractivity contribution in [1.29, 1.82) is 0 Å². The quantitative estimate of drug-likeness (QED) is 0.0254. The van der Waals surface area contributed by atoms with E-state index in [1.165, 1.54) is 13.2 Å². The average Bonchev–Trinajstić information content (AvgIpc) is 2.25. The summed E-state index contributed by atoms with van der Waals surface area (Å²) in [4.78, 5) is 120. The van der Waals surface area contributed by atoms with Gasteiger partial charge in [-0.15, -0.1) is 0 Å². The topological polar surface area (TPSA) is 326 Å². The zero-order chi connectivity index (χ0) is 65.6. The molecule has 496 valence electrons. The normalized spacial score (nSPS) is 21.0. The number of unbranched alkanes of at least 4 members (excludes halogenated alkanes) is 1. The fraction of sp³-hybridized carbons (Fsp3) is 0.641. The number of methoxy groups -OCH3 is 2. The van der Waals surface area contributed by atoms with Crippen LogP contribution in [0.2, 0.25) is 5.02 Å². The molecule has 0 aliphatic carbocycles. The minimum atomic E-state index is -1.23. The molecule has 1 saturated heterocycles. The number of carbonyl (C=O) groups is 9. The molecule has 9 atom stereocenters. The number of aliphatic carboxylic acids is 1. The Morgan fingerprint density at radius 2 is 1.42 bits per heavy atom. The Bertz CT molecular complexity index is 2660. The van der Waals surface area contributed by atoms with Crippen LogP contribution in [0.4, 0.5) is 0 Å². The lowest BCUT2D eigenvalue weighted by Crippen LogP contribution is -2.58. The summed E-state index contributed by atoms with van der Waals surface area (Å²) in [6.45, 7) is 17.3. The monoisotopic (exact) mass is 1270 g/mol. The molecule has 2 aliphatic rings. The maximum Gasteiger partial charge on any atom is 0.328 e. The minimum absolute atomic E-state index is 0.0242. The third kappa shape index (κ3) is 26.7. The van der Waals surface area contributed by atoms with Gasteiger partial charge < -0.3 is 75.5 Å². The third-order valence-electron chi connectivity index (χ3n) is 15.5. The second-order valence-corrected chi connectivity index (χ2v) is 24.2. The molecule has 0 spiro atoms. The molecule has 2 aliphatic heterocycles. The standard InChI is InChI=1S/C64H96ClN7O17/c1-39(2)35-49-62(81)88-50(16-13-17-53(74)69-48(37-44-22-25-51(84-10)46(65)36-44)60(79)68-42(6)64(7,8)63(82)71-49)41(5)57-58(89-57)45-23-20-43(21-24-45)38-67-59(78)47(70-61(80)56(40(3)4)72-54(75)18-14-19-55(76)77)15-11-12-27-66-52(73)26-28-85-31-32-87-34-33-86-30-29-83-9/h13,17,20-25,36,39-42,47-50,56-58H,11-12,14-16,18-19,26-35,37-38H2,1-10H3,(H,66,73)(H,67,78)(H,68,79)(H,69,74)(H,70,80)(H,71,82)(H,72,75)(H,76,77)/b17-13+/t41-,42-,47-,48+,49-,50-,56-,57?,58+/m0/s1. The van der Waals surface area contributed by atoms with Gasteiger partial charge in [-0.05, 0) is 99.6 Å². The summed E-state index contributed by atoms with van der Waals surface area (Å²) in [6.07, 6.45) is 2.68. The van der Waals surface area contributed by atoms with Gasteiger partial charge in [-0.2, -0.15) is 0 Å². The van der Waals surface area contributed by atoms with Crippen molar-refractivity contribution >= 4 is 64.9 Å². The van der Waals surface area contributed by atoms with Crippen molar-refractivity contribution in [3.05, 3.63) is 76.3 Å². The molecule has 25 heteroatoms.